The molecule has 118 valence electrons. The van der Waals surface area contributed by atoms with Gasteiger partial charge in [0.15, 0.2) is 0 Å². The lowest BCUT2D eigenvalue weighted by Crippen LogP contribution is -2.23. The molecule has 0 bridgehead atoms. The van der Waals surface area contributed by atoms with Crippen molar-refractivity contribution >= 4 is 16.9 Å². The Morgan fingerprint density at radius 3 is 2.50 bits per heavy atom. The molecule has 0 amide bonds. The second-order valence-electron chi connectivity index (χ2n) is 6.34. The van der Waals surface area contributed by atoms with Gasteiger partial charge in [0.05, 0.1) is 0 Å². The van der Waals surface area contributed by atoms with Gasteiger partial charge < -0.3 is 9.52 Å². The molecule has 0 aliphatic carbocycles. The van der Waals surface area contributed by atoms with Crippen molar-refractivity contribution in [3.63, 3.8) is 0 Å². The highest BCUT2D eigenvalue weighted by Gasteiger charge is 2.19. The molecule has 1 aromatic carbocycles. The summed E-state index contributed by atoms with van der Waals surface area (Å²) in [4.78, 5) is 13.7. The molecular weight excluding hydrogens is 278 g/mol. The highest BCUT2D eigenvalue weighted by molar-refractivity contribution is 5.96. The van der Waals surface area contributed by atoms with Gasteiger partial charge in [0.2, 0.25) is 5.76 Å². The van der Waals surface area contributed by atoms with E-state index in [9.17, 15) is 9.90 Å². The number of aromatic carboxylic acids is 1. The van der Waals surface area contributed by atoms with Crippen LogP contribution in [0.1, 0.15) is 52.9 Å². The highest BCUT2D eigenvalue weighted by atomic mass is 16.4. The van der Waals surface area contributed by atoms with Gasteiger partial charge in [0.1, 0.15) is 5.58 Å². The Labute approximate surface area is 130 Å². The first-order valence-corrected chi connectivity index (χ1v) is 8.04. The molecule has 2 heterocycles. The lowest BCUT2D eigenvalue weighted by molar-refractivity contribution is 0.0664. The zero-order chi connectivity index (χ0) is 15.7. The van der Waals surface area contributed by atoms with Crippen LogP contribution in [0.25, 0.3) is 11.0 Å². The van der Waals surface area contributed by atoms with Crippen LogP contribution in [-0.4, -0.2) is 29.1 Å². The standard InChI is InChI=1S/C18H23NO3/c1-12-9-14(11-19-7-5-3-4-6-8-19)10-15-13(2)17(18(20)21)22-16(12)15/h9-10H,3-8,11H2,1-2H3,(H,20,21). The summed E-state index contributed by atoms with van der Waals surface area (Å²) in [6.07, 6.45) is 5.21. The van der Waals surface area contributed by atoms with Crippen LogP contribution in [0.2, 0.25) is 0 Å². The maximum atomic E-state index is 11.2. The third-order valence-electron chi connectivity index (χ3n) is 4.58. The first-order chi connectivity index (χ1) is 10.6. The van der Waals surface area contributed by atoms with E-state index in [1.807, 2.05) is 13.8 Å². The predicted octanol–water partition coefficient (Wildman–Crippen LogP) is 4.12. The van der Waals surface area contributed by atoms with Crippen molar-refractivity contribution in [2.75, 3.05) is 13.1 Å². The largest absolute Gasteiger partial charge is 0.475 e. The van der Waals surface area contributed by atoms with E-state index >= 15 is 0 Å². The number of benzene rings is 1. The number of likely N-dealkylation sites (tertiary alicyclic amines) is 1. The number of nitrogens with zero attached hydrogens (tertiary/aromatic N) is 1. The van der Waals surface area contributed by atoms with E-state index in [0.29, 0.717) is 5.58 Å². The van der Waals surface area contributed by atoms with Crippen LogP contribution in [0.15, 0.2) is 16.5 Å². The molecule has 1 aliphatic heterocycles. The van der Waals surface area contributed by atoms with Crippen molar-refractivity contribution in [3.8, 4) is 0 Å². The van der Waals surface area contributed by atoms with Crippen LogP contribution in [0.3, 0.4) is 0 Å². The molecule has 0 radical (unpaired) electrons. The third kappa shape index (κ3) is 2.88. The average Bonchev–Trinajstić information content (AvgIpc) is 2.65. The van der Waals surface area contributed by atoms with Crippen LogP contribution in [0, 0.1) is 13.8 Å². The summed E-state index contributed by atoms with van der Waals surface area (Å²) in [5.41, 5.74) is 3.68. The summed E-state index contributed by atoms with van der Waals surface area (Å²) in [6, 6.07) is 4.22. The topological polar surface area (TPSA) is 53.7 Å². The van der Waals surface area contributed by atoms with E-state index in [4.69, 9.17) is 4.42 Å². The normalized spacial score (nSPS) is 16.8. The lowest BCUT2D eigenvalue weighted by atomic mass is 10.0. The SMILES string of the molecule is Cc1c(C(=O)O)oc2c(C)cc(CN3CCCCCC3)cc12. The number of aryl methyl sites for hydroxylation is 2. The van der Waals surface area contributed by atoms with Crippen LogP contribution in [0.5, 0.6) is 0 Å². The summed E-state index contributed by atoms with van der Waals surface area (Å²) in [6.45, 7) is 7.06. The molecule has 1 N–H and O–H groups in total. The Hall–Kier alpha value is -1.81. The number of carboxylic acid groups (broad SMARTS) is 1. The molecule has 1 aliphatic rings. The van der Waals surface area contributed by atoms with Gasteiger partial charge >= 0.3 is 5.97 Å². The number of rotatable bonds is 3. The molecule has 0 saturated carbocycles. The van der Waals surface area contributed by atoms with Gasteiger partial charge in [-0.15, -0.1) is 0 Å². The van der Waals surface area contributed by atoms with Gasteiger partial charge in [-0.3, -0.25) is 4.90 Å². The van der Waals surface area contributed by atoms with Gasteiger partial charge in [-0.2, -0.15) is 0 Å². The van der Waals surface area contributed by atoms with E-state index in [2.05, 4.69) is 17.0 Å². The van der Waals surface area contributed by atoms with E-state index < -0.39 is 5.97 Å². The first kappa shape index (κ1) is 15.1. The van der Waals surface area contributed by atoms with Gasteiger partial charge in [-0.05, 0) is 57.0 Å². The molecule has 22 heavy (non-hydrogen) atoms. The molecule has 1 saturated heterocycles. The zero-order valence-electron chi connectivity index (χ0n) is 13.3. The fraction of sp³-hybridized carbons (Fsp3) is 0.500. The number of hydrogen-bond acceptors (Lipinski definition) is 3. The zero-order valence-corrected chi connectivity index (χ0v) is 13.3. The minimum Gasteiger partial charge on any atom is -0.475 e. The Morgan fingerprint density at radius 1 is 1.18 bits per heavy atom. The summed E-state index contributed by atoms with van der Waals surface area (Å²) >= 11 is 0. The highest BCUT2D eigenvalue weighted by Crippen LogP contribution is 2.30. The molecular formula is C18H23NO3. The van der Waals surface area contributed by atoms with Gasteiger partial charge in [0.25, 0.3) is 0 Å². The quantitative estimate of drug-likeness (QED) is 0.926. The molecule has 2 aromatic rings. The Balaban J connectivity index is 1.94. The Kier molecular flexibility index (Phi) is 4.21. The molecule has 0 spiro atoms. The number of hydrogen-bond donors (Lipinski definition) is 1. The summed E-state index contributed by atoms with van der Waals surface area (Å²) in [7, 11) is 0. The van der Waals surface area contributed by atoms with E-state index in [-0.39, 0.29) is 5.76 Å². The summed E-state index contributed by atoms with van der Waals surface area (Å²) < 4.78 is 5.54. The van der Waals surface area contributed by atoms with Crippen LogP contribution < -0.4 is 0 Å². The number of fused-ring (bicyclic) bond motifs is 1. The second-order valence-corrected chi connectivity index (χ2v) is 6.34. The van der Waals surface area contributed by atoms with Crippen LogP contribution in [-0.2, 0) is 6.54 Å². The first-order valence-electron chi connectivity index (χ1n) is 8.04. The average molecular weight is 301 g/mol. The van der Waals surface area contributed by atoms with E-state index in [1.54, 1.807) is 0 Å². The smallest absolute Gasteiger partial charge is 0.372 e. The van der Waals surface area contributed by atoms with E-state index in [0.717, 1.165) is 36.1 Å². The molecule has 1 fully saturated rings. The fourth-order valence-corrected chi connectivity index (χ4v) is 3.41. The Bertz CT molecular complexity index is 694. The van der Waals surface area contributed by atoms with Crippen molar-refractivity contribution in [1.82, 2.24) is 4.90 Å². The minimum atomic E-state index is -0.998. The van der Waals surface area contributed by atoms with Crippen LogP contribution in [0.4, 0.5) is 0 Å². The van der Waals surface area contributed by atoms with E-state index in [1.165, 1.54) is 31.2 Å². The number of furan rings is 1. The summed E-state index contributed by atoms with van der Waals surface area (Å²) in [5.74, 6) is -0.938. The maximum absolute atomic E-state index is 11.2. The van der Waals surface area contributed by atoms with Crippen molar-refractivity contribution in [2.24, 2.45) is 0 Å². The lowest BCUT2D eigenvalue weighted by Gasteiger charge is -2.20. The van der Waals surface area contributed by atoms with Crippen LogP contribution >= 0.6 is 0 Å². The molecule has 4 nitrogen and oxygen atoms in total. The van der Waals surface area contributed by atoms with Crippen molar-refractivity contribution in [3.05, 3.63) is 34.6 Å². The van der Waals surface area contributed by atoms with Gasteiger partial charge in [-0.1, -0.05) is 18.9 Å². The molecule has 4 heteroatoms. The van der Waals surface area contributed by atoms with Crippen molar-refractivity contribution in [1.29, 1.82) is 0 Å². The molecule has 1 aromatic heterocycles. The summed E-state index contributed by atoms with van der Waals surface area (Å²) in [5, 5.41) is 10.1. The van der Waals surface area contributed by atoms with Crippen molar-refractivity contribution < 1.29 is 14.3 Å². The maximum Gasteiger partial charge on any atom is 0.372 e. The van der Waals surface area contributed by atoms with Gasteiger partial charge in [0, 0.05) is 17.5 Å². The fourth-order valence-electron chi connectivity index (χ4n) is 3.41. The third-order valence-corrected chi connectivity index (χ3v) is 4.58. The molecule has 0 atom stereocenters. The molecule has 3 rings (SSSR count). The molecule has 0 unspecified atom stereocenters. The number of carbonyl (C=O) groups is 1. The predicted molar refractivity (Wildman–Crippen MR) is 86.4 cm³/mol. The monoisotopic (exact) mass is 301 g/mol. The second kappa shape index (κ2) is 6.13. The minimum absolute atomic E-state index is 0.0602. The van der Waals surface area contributed by atoms with Gasteiger partial charge in [-0.25, -0.2) is 4.79 Å². The van der Waals surface area contributed by atoms with Crippen molar-refractivity contribution in [2.45, 2.75) is 46.1 Å². The Morgan fingerprint density at radius 2 is 1.86 bits per heavy atom. The number of carboxylic acids is 1.